The number of ether oxygens (including phenoxy) is 4. The third-order valence-electron chi connectivity index (χ3n) is 6.14. The number of fused-ring (bicyclic) bond motifs is 1. The van der Waals surface area contributed by atoms with Crippen LogP contribution >= 0.6 is 0 Å². The zero-order chi connectivity index (χ0) is 25.4. The Hall–Kier alpha value is -2.17. The monoisotopic (exact) mass is 500 g/mol. The summed E-state index contributed by atoms with van der Waals surface area (Å²) in [5, 5.41) is 71.1. The van der Waals surface area contributed by atoms with Crippen LogP contribution in [-0.4, -0.2) is 110 Å². The fourth-order valence-electron chi connectivity index (χ4n) is 4.17. The molecule has 13 nitrogen and oxygen atoms in total. The lowest BCUT2D eigenvalue weighted by Crippen LogP contribution is -2.65. The van der Waals surface area contributed by atoms with Gasteiger partial charge in [-0.2, -0.15) is 0 Å². The van der Waals surface area contributed by atoms with Gasteiger partial charge in [-0.15, -0.1) is 0 Å². The van der Waals surface area contributed by atoms with E-state index in [1.54, 1.807) is 19.1 Å². The van der Waals surface area contributed by atoms with Gasteiger partial charge in [-0.3, -0.25) is 0 Å². The molecule has 7 N–H and O–H groups in total. The zero-order valence-electron chi connectivity index (χ0n) is 18.6. The number of hydrogen-bond acceptors (Lipinski definition) is 13. The molecule has 194 valence electrons. The summed E-state index contributed by atoms with van der Waals surface area (Å²) < 4.78 is 27.1. The van der Waals surface area contributed by atoms with E-state index in [1.807, 2.05) is 0 Å². The molecule has 2 aliphatic rings. The van der Waals surface area contributed by atoms with Gasteiger partial charge in [-0.25, -0.2) is 4.79 Å². The van der Waals surface area contributed by atoms with Crippen molar-refractivity contribution in [3.8, 4) is 5.75 Å². The van der Waals surface area contributed by atoms with Gasteiger partial charge in [0.25, 0.3) is 0 Å². The van der Waals surface area contributed by atoms with Gasteiger partial charge in [0.1, 0.15) is 60.2 Å². The van der Waals surface area contributed by atoms with Crippen LogP contribution in [-0.2, 0) is 14.2 Å². The molecular weight excluding hydrogens is 472 g/mol. The normalized spacial score (nSPS) is 37.9. The molecule has 2 aliphatic heterocycles. The third kappa shape index (κ3) is 5.06. The van der Waals surface area contributed by atoms with Gasteiger partial charge in [0.15, 0.2) is 6.29 Å². The van der Waals surface area contributed by atoms with Gasteiger partial charge in [0.05, 0.1) is 13.2 Å². The molecule has 0 spiro atoms. The summed E-state index contributed by atoms with van der Waals surface area (Å²) in [5.74, 6) is 0.146. The fraction of sp³-hybridized carbons (Fsp3) is 0.591. The standard InChI is InChI=1S/C22H28O13/c1-8-4-14(25)32-11-5-9(2-3-10(8)11)31-21-19(30)17(28)20(13(7-24)34-21)35-22-18(29)16(27)15(26)12(6-23)33-22/h2-5,12-13,15-24,26-30H,6-7H2,1H3/t12?,13?,15-,16-,17?,18?,19-,20+,21+,22-/m0/s1. The van der Waals surface area contributed by atoms with Crippen molar-refractivity contribution in [2.75, 3.05) is 13.2 Å². The summed E-state index contributed by atoms with van der Waals surface area (Å²) in [7, 11) is 0. The molecule has 35 heavy (non-hydrogen) atoms. The topological polar surface area (TPSA) is 209 Å². The highest BCUT2D eigenvalue weighted by Crippen LogP contribution is 2.31. The summed E-state index contributed by atoms with van der Waals surface area (Å²) >= 11 is 0. The van der Waals surface area contributed by atoms with Crippen molar-refractivity contribution >= 4 is 11.0 Å². The van der Waals surface area contributed by atoms with Gasteiger partial charge in [0.2, 0.25) is 6.29 Å². The van der Waals surface area contributed by atoms with Gasteiger partial charge < -0.3 is 59.1 Å². The molecule has 0 amide bonds. The summed E-state index contributed by atoms with van der Waals surface area (Å²) in [6.07, 6.45) is -15.6. The van der Waals surface area contributed by atoms with Crippen molar-refractivity contribution in [1.29, 1.82) is 0 Å². The molecule has 1 aromatic heterocycles. The predicted molar refractivity (Wildman–Crippen MR) is 114 cm³/mol. The Labute approximate surface area is 198 Å². The number of aliphatic hydroxyl groups is 7. The van der Waals surface area contributed by atoms with E-state index >= 15 is 0 Å². The summed E-state index contributed by atoms with van der Waals surface area (Å²) in [6.45, 7) is 0.352. The first kappa shape index (κ1) is 25.9. The van der Waals surface area contributed by atoms with E-state index in [2.05, 4.69) is 0 Å². The first-order chi connectivity index (χ1) is 16.6. The van der Waals surface area contributed by atoms with Crippen molar-refractivity contribution in [1.82, 2.24) is 0 Å². The number of rotatable bonds is 6. The number of benzene rings is 1. The predicted octanol–water partition coefficient (Wildman–Crippen LogP) is -2.90. The molecule has 1 aromatic carbocycles. The fourth-order valence-corrected chi connectivity index (χ4v) is 4.17. The van der Waals surface area contributed by atoms with E-state index in [4.69, 9.17) is 23.4 Å². The third-order valence-corrected chi connectivity index (χ3v) is 6.14. The first-order valence-electron chi connectivity index (χ1n) is 10.9. The highest BCUT2D eigenvalue weighted by Gasteiger charge is 2.51. The smallest absolute Gasteiger partial charge is 0.336 e. The van der Waals surface area contributed by atoms with Crippen LogP contribution in [0, 0.1) is 6.92 Å². The maximum atomic E-state index is 11.7. The number of aliphatic hydroxyl groups excluding tert-OH is 7. The maximum absolute atomic E-state index is 11.7. The molecule has 4 unspecified atom stereocenters. The summed E-state index contributed by atoms with van der Waals surface area (Å²) in [6, 6.07) is 5.94. The van der Waals surface area contributed by atoms with Crippen molar-refractivity contribution < 1.29 is 59.1 Å². The van der Waals surface area contributed by atoms with E-state index in [-0.39, 0.29) is 11.3 Å². The lowest BCUT2D eigenvalue weighted by atomic mass is 9.97. The molecule has 2 fully saturated rings. The van der Waals surface area contributed by atoms with Crippen molar-refractivity contribution in [3.05, 3.63) is 40.2 Å². The minimum absolute atomic E-state index is 0.146. The second-order valence-electron chi connectivity index (χ2n) is 8.53. The van der Waals surface area contributed by atoms with Crippen molar-refractivity contribution in [2.45, 2.75) is 68.3 Å². The van der Waals surface area contributed by atoms with Gasteiger partial charge in [0, 0.05) is 17.5 Å². The minimum atomic E-state index is -1.76. The molecule has 0 saturated carbocycles. The highest BCUT2D eigenvalue weighted by molar-refractivity contribution is 5.81. The average Bonchev–Trinajstić information content (AvgIpc) is 2.83. The quantitative estimate of drug-likeness (QED) is 0.199. The SMILES string of the molecule is Cc1cc(=O)oc2cc(O[C@@H]3OC(CO)[C@@H](O[C@@H]4OC(CO)[C@H](O)[C@H](O)C4O)C(O)[C@@H]3O)ccc12. The van der Waals surface area contributed by atoms with E-state index in [1.165, 1.54) is 12.1 Å². The van der Waals surface area contributed by atoms with Crippen LogP contribution in [0.4, 0.5) is 0 Å². The largest absolute Gasteiger partial charge is 0.462 e. The lowest BCUT2D eigenvalue weighted by molar-refractivity contribution is -0.352. The van der Waals surface area contributed by atoms with Crippen molar-refractivity contribution in [3.63, 3.8) is 0 Å². The van der Waals surface area contributed by atoms with Crippen LogP contribution in [0.15, 0.2) is 33.5 Å². The van der Waals surface area contributed by atoms with E-state index in [0.717, 1.165) is 0 Å². The first-order valence-corrected chi connectivity index (χ1v) is 10.9. The Morgan fingerprint density at radius 1 is 0.829 bits per heavy atom. The molecule has 2 aromatic rings. The van der Waals surface area contributed by atoms with Gasteiger partial charge in [-0.05, 0) is 24.6 Å². The Kier molecular flexibility index (Phi) is 7.73. The molecule has 4 rings (SSSR count). The van der Waals surface area contributed by atoms with Crippen LogP contribution in [0.5, 0.6) is 5.75 Å². The molecule has 0 aliphatic carbocycles. The van der Waals surface area contributed by atoms with Gasteiger partial charge >= 0.3 is 5.63 Å². The Morgan fingerprint density at radius 3 is 2.17 bits per heavy atom. The molecule has 0 bridgehead atoms. The van der Waals surface area contributed by atoms with Crippen LogP contribution in [0.25, 0.3) is 11.0 Å². The summed E-state index contributed by atoms with van der Waals surface area (Å²) in [4.78, 5) is 11.7. The minimum Gasteiger partial charge on any atom is -0.462 e. The summed E-state index contributed by atoms with van der Waals surface area (Å²) in [5.41, 5.74) is 0.381. The van der Waals surface area contributed by atoms with E-state index in [0.29, 0.717) is 10.9 Å². The molecular formula is C22H28O13. The maximum Gasteiger partial charge on any atom is 0.336 e. The number of aryl methyl sites for hydroxylation is 1. The van der Waals surface area contributed by atoms with Crippen LogP contribution in [0.2, 0.25) is 0 Å². The second kappa shape index (κ2) is 10.4. The average molecular weight is 500 g/mol. The lowest BCUT2D eigenvalue weighted by Gasteiger charge is -2.45. The van der Waals surface area contributed by atoms with Crippen LogP contribution < -0.4 is 10.4 Å². The van der Waals surface area contributed by atoms with Crippen LogP contribution in [0.1, 0.15) is 5.56 Å². The molecule has 0 radical (unpaired) electrons. The van der Waals surface area contributed by atoms with Gasteiger partial charge in [-0.1, -0.05) is 0 Å². The molecule has 3 heterocycles. The van der Waals surface area contributed by atoms with E-state index < -0.39 is 80.3 Å². The van der Waals surface area contributed by atoms with Crippen molar-refractivity contribution in [2.24, 2.45) is 0 Å². The molecule has 2 saturated heterocycles. The zero-order valence-corrected chi connectivity index (χ0v) is 18.6. The molecule has 13 heteroatoms. The van der Waals surface area contributed by atoms with Crippen LogP contribution in [0.3, 0.4) is 0 Å². The Bertz CT molecular complexity index is 1070. The number of hydrogen-bond donors (Lipinski definition) is 7. The van der Waals surface area contributed by atoms with E-state index in [9.17, 15) is 40.5 Å². The molecule has 10 atom stereocenters. The Balaban J connectivity index is 1.50. The highest BCUT2D eigenvalue weighted by atomic mass is 16.7. The second-order valence-corrected chi connectivity index (χ2v) is 8.53. The Morgan fingerprint density at radius 2 is 1.49 bits per heavy atom.